The number of nitrogens with two attached hydrogens (primary N) is 1. The Morgan fingerprint density at radius 3 is 2.00 bits per heavy atom. The smallest absolute Gasteiger partial charge is 0.326 e. The van der Waals surface area contributed by atoms with Gasteiger partial charge in [-0.05, 0) is 5.41 Å². The number of carboxylic acids is 2. The summed E-state index contributed by atoms with van der Waals surface area (Å²) in [6.45, 7) is 5.18. The molecule has 0 heterocycles. The molecule has 5 N–H and O–H groups in total. The topological polar surface area (TPSA) is 130 Å². The van der Waals surface area contributed by atoms with Gasteiger partial charge in [-0.15, -0.1) is 0 Å². The Morgan fingerprint density at radius 2 is 1.71 bits per heavy atom. The van der Waals surface area contributed by atoms with Gasteiger partial charge in [0.15, 0.2) is 0 Å². The van der Waals surface area contributed by atoms with Crippen molar-refractivity contribution in [3.05, 3.63) is 0 Å². The van der Waals surface area contributed by atoms with Gasteiger partial charge in [0.2, 0.25) is 5.91 Å². The van der Waals surface area contributed by atoms with E-state index < -0.39 is 41.8 Å². The van der Waals surface area contributed by atoms with Crippen LogP contribution in [0.5, 0.6) is 0 Å². The Hall–Kier alpha value is -1.63. The summed E-state index contributed by atoms with van der Waals surface area (Å²) in [7, 11) is 0. The molecule has 0 spiro atoms. The SMILES string of the molecule is CC(C)(C)[C@H](N)C(=O)NC(CC(=O)O)C(=O)O. The first-order valence-corrected chi connectivity index (χ1v) is 5.06. The number of rotatable bonds is 5. The van der Waals surface area contributed by atoms with Crippen LogP contribution in [0.15, 0.2) is 0 Å². The van der Waals surface area contributed by atoms with Gasteiger partial charge in [-0.2, -0.15) is 0 Å². The minimum Gasteiger partial charge on any atom is -0.481 e. The molecule has 7 nitrogen and oxygen atoms in total. The number of amides is 1. The summed E-state index contributed by atoms with van der Waals surface area (Å²) in [5, 5.41) is 19.3. The van der Waals surface area contributed by atoms with Gasteiger partial charge in [0.1, 0.15) is 6.04 Å². The lowest BCUT2D eigenvalue weighted by molar-refractivity contribution is -0.147. The third kappa shape index (κ3) is 5.30. The maximum absolute atomic E-state index is 11.6. The van der Waals surface area contributed by atoms with E-state index in [0.29, 0.717) is 0 Å². The van der Waals surface area contributed by atoms with E-state index in [4.69, 9.17) is 15.9 Å². The van der Waals surface area contributed by atoms with Crippen LogP contribution in [0.25, 0.3) is 0 Å². The van der Waals surface area contributed by atoms with Gasteiger partial charge in [0.05, 0.1) is 12.5 Å². The van der Waals surface area contributed by atoms with Crippen LogP contribution in [-0.4, -0.2) is 40.1 Å². The second kappa shape index (κ2) is 5.62. The number of carbonyl (C=O) groups excluding carboxylic acids is 1. The van der Waals surface area contributed by atoms with Crippen LogP contribution in [0.1, 0.15) is 27.2 Å². The van der Waals surface area contributed by atoms with E-state index in [-0.39, 0.29) is 0 Å². The van der Waals surface area contributed by atoms with Gasteiger partial charge >= 0.3 is 11.9 Å². The van der Waals surface area contributed by atoms with E-state index in [9.17, 15) is 14.4 Å². The fourth-order valence-electron chi connectivity index (χ4n) is 1.03. The molecule has 0 radical (unpaired) electrons. The molecule has 0 saturated heterocycles. The molecule has 1 unspecified atom stereocenters. The number of carbonyl (C=O) groups is 3. The predicted octanol–water partition coefficient (Wildman–Crippen LogP) is -0.596. The zero-order valence-electron chi connectivity index (χ0n) is 10.1. The number of nitrogens with one attached hydrogen (secondary N) is 1. The highest BCUT2D eigenvalue weighted by atomic mass is 16.4. The van der Waals surface area contributed by atoms with Gasteiger partial charge in [0, 0.05) is 0 Å². The van der Waals surface area contributed by atoms with Gasteiger partial charge in [-0.25, -0.2) is 4.79 Å². The number of hydrogen-bond acceptors (Lipinski definition) is 4. The highest BCUT2D eigenvalue weighted by Gasteiger charge is 2.31. The van der Waals surface area contributed by atoms with Gasteiger partial charge in [-0.1, -0.05) is 20.8 Å². The summed E-state index contributed by atoms with van der Waals surface area (Å²) >= 11 is 0. The Kier molecular flexibility index (Phi) is 5.09. The largest absolute Gasteiger partial charge is 0.481 e. The summed E-state index contributed by atoms with van der Waals surface area (Å²) < 4.78 is 0. The van der Waals surface area contributed by atoms with Crippen molar-refractivity contribution in [2.24, 2.45) is 11.1 Å². The number of hydrogen-bond donors (Lipinski definition) is 4. The quantitative estimate of drug-likeness (QED) is 0.512. The van der Waals surface area contributed by atoms with Crippen molar-refractivity contribution in [2.75, 3.05) is 0 Å². The average molecular weight is 246 g/mol. The van der Waals surface area contributed by atoms with Crippen molar-refractivity contribution in [3.63, 3.8) is 0 Å². The van der Waals surface area contributed by atoms with Crippen molar-refractivity contribution in [1.82, 2.24) is 5.32 Å². The normalized spacial score (nSPS) is 14.8. The van der Waals surface area contributed by atoms with Gasteiger partial charge in [-0.3, -0.25) is 9.59 Å². The molecule has 0 fully saturated rings. The highest BCUT2D eigenvalue weighted by Crippen LogP contribution is 2.17. The molecule has 1 amide bonds. The number of carboxylic acid groups (broad SMARTS) is 2. The van der Waals surface area contributed by atoms with Crippen molar-refractivity contribution in [2.45, 2.75) is 39.3 Å². The maximum atomic E-state index is 11.6. The second-order valence-electron chi connectivity index (χ2n) is 4.84. The van der Waals surface area contributed by atoms with Gasteiger partial charge < -0.3 is 21.3 Å². The van der Waals surface area contributed by atoms with Crippen molar-refractivity contribution in [3.8, 4) is 0 Å². The maximum Gasteiger partial charge on any atom is 0.326 e. The Balaban J connectivity index is 4.62. The van der Waals surface area contributed by atoms with Crippen molar-refractivity contribution >= 4 is 17.8 Å². The molecular weight excluding hydrogens is 228 g/mol. The zero-order valence-corrected chi connectivity index (χ0v) is 10.1. The van der Waals surface area contributed by atoms with E-state index in [1.807, 2.05) is 0 Å². The molecular formula is C10H18N2O5. The highest BCUT2D eigenvalue weighted by molar-refractivity contribution is 5.89. The molecule has 0 aliphatic carbocycles. The summed E-state index contributed by atoms with van der Waals surface area (Å²) in [5.41, 5.74) is 5.09. The summed E-state index contributed by atoms with van der Waals surface area (Å²) in [6, 6.07) is -2.37. The van der Waals surface area contributed by atoms with Crippen LogP contribution >= 0.6 is 0 Å². The molecule has 2 atom stereocenters. The first-order valence-electron chi connectivity index (χ1n) is 5.06. The molecule has 0 saturated carbocycles. The fourth-order valence-corrected chi connectivity index (χ4v) is 1.03. The van der Waals surface area contributed by atoms with E-state index >= 15 is 0 Å². The summed E-state index contributed by atoms with van der Waals surface area (Å²) in [6.07, 6.45) is -0.683. The van der Waals surface area contributed by atoms with Crippen molar-refractivity contribution < 1.29 is 24.6 Å². The third-order valence-electron chi connectivity index (χ3n) is 2.21. The van der Waals surface area contributed by atoms with E-state index in [1.54, 1.807) is 20.8 Å². The molecule has 7 heteroatoms. The monoisotopic (exact) mass is 246 g/mol. The van der Waals surface area contributed by atoms with Crippen LogP contribution in [0, 0.1) is 5.41 Å². The van der Waals surface area contributed by atoms with Crippen LogP contribution < -0.4 is 11.1 Å². The first kappa shape index (κ1) is 15.4. The second-order valence-corrected chi connectivity index (χ2v) is 4.84. The van der Waals surface area contributed by atoms with Crippen LogP contribution in [0.2, 0.25) is 0 Å². The van der Waals surface area contributed by atoms with Gasteiger partial charge in [0.25, 0.3) is 0 Å². The first-order chi connectivity index (χ1) is 7.55. The lowest BCUT2D eigenvalue weighted by atomic mass is 9.87. The average Bonchev–Trinajstić information content (AvgIpc) is 2.13. The minimum atomic E-state index is -1.46. The molecule has 0 aromatic heterocycles. The summed E-state index contributed by atoms with van der Waals surface area (Å²) in [5.74, 6) is -3.38. The molecule has 0 rings (SSSR count). The predicted molar refractivity (Wildman–Crippen MR) is 59.2 cm³/mol. The Morgan fingerprint density at radius 1 is 1.24 bits per heavy atom. The lowest BCUT2D eigenvalue weighted by Gasteiger charge is -2.27. The molecule has 17 heavy (non-hydrogen) atoms. The molecule has 98 valence electrons. The third-order valence-corrected chi connectivity index (χ3v) is 2.21. The van der Waals surface area contributed by atoms with Crippen LogP contribution in [0.3, 0.4) is 0 Å². The van der Waals surface area contributed by atoms with Crippen molar-refractivity contribution in [1.29, 1.82) is 0 Å². The molecule has 0 aromatic carbocycles. The summed E-state index contributed by atoms with van der Waals surface area (Å²) in [4.78, 5) is 32.7. The molecule has 0 aromatic rings. The minimum absolute atomic E-state index is 0.531. The molecule has 0 bridgehead atoms. The van der Waals surface area contributed by atoms with E-state index in [2.05, 4.69) is 5.32 Å². The van der Waals surface area contributed by atoms with E-state index in [1.165, 1.54) is 0 Å². The molecule has 0 aliphatic rings. The Labute approximate surface area is 99.0 Å². The van der Waals surface area contributed by atoms with Crippen LogP contribution in [0.4, 0.5) is 0 Å². The molecule has 0 aliphatic heterocycles. The van der Waals surface area contributed by atoms with E-state index in [0.717, 1.165) is 0 Å². The Bertz CT molecular complexity index is 321. The fraction of sp³-hybridized carbons (Fsp3) is 0.700. The standard InChI is InChI=1S/C10H18N2O5/c1-10(2,3)7(11)8(15)12-5(9(16)17)4-6(13)14/h5,7H,4,11H2,1-3H3,(H,12,15)(H,13,14)(H,16,17)/t5?,7-/m1/s1. The zero-order chi connectivity index (χ0) is 13.8. The number of aliphatic carboxylic acids is 2. The lowest BCUT2D eigenvalue weighted by Crippen LogP contribution is -2.53. The van der Waals surface area contributed by atoms with Crippen LogP contribution in [-0.2, 0) is 14.4 Å².